The van der Waals surface area contributed by atoms with E-state index in [9.17, 15) is 14.9 Å². The van der Waals surface area contributed by atoms with Crippen molar-refractivity contribution in [1.29, 1.82) is 0 Å². The van der Waals surface area contributed by atoms with Gasteiger partial charge in [-0.15, -0.1) is 11.8 Å². The van der Waals surface area contributed by atoms with E-state index in [1.807, 2.05) is 42.5 Å². The number of hydrogen-bond donors (Lipinski definition) is 1. The molecule has 126 valence electrons. The van der Waals surface area contributed by atoms with Gasteiger partial charge in [0.25, 0.3) is 5.69 Å². The molecule has 3 aromatic rings. The summed E-state index contributed by atoms with van der Waals surface area (Å²) in [5.74, 6) is -0.165. The Kier molecular flexibility index (Phi) is 5.21. The van der Waals surface area contributed by atoms with Gasteiger partial charge in [-0.25, -0.2) is 0 Å². The Morgan fingerprint density at radius 2 is 1.84 bits per heavy atom. The van der Waals surface area contributed by atoms with Gasteiger partial charge in [-0.05, 0) is 35.0 Å². The quantitative estimate of drug-likeness (QED) is 0.382. The molecule has 0 saturated carbocycles. The van der Waals surface area contributed by atoms with Crippen LogP contribution < -0.4 is 5.32 Å². The van der Waals surface area contributed by atoms with Crippen molar-refractivity contribution in [3.05, 3.63) is 75.8 Å². The predicted molar refractivity (Wildman–Crippen MR) is 101 cm³/mol. The van der Waals surface area contributed by atoms with Gasteiger partial charge < -0.3 is 5.32 Å². The van der Waals surface area contributed by atoms with Gasteiger partial charge in [0, 0.05) is 16.0 Å². The summed E-state index contributed by atoms with van der Waals surface area (Å²) in [6, 6.07) is 18.1. The summed E-state index contributed by atoms with van der Waals surface area (Å²) in [7, 11) is 0. The molecule has 0 bridgehead atoms. The highest BCUT2D eigenvalue weighted by Gasteiger charge is 2.16. The lowest BCUT2D eigenvalue weighted by Gasteiger charge is -2.07. The molecule has 3 aromatic carbocycles. The smallest absolute Gasteiger partial charge is 0.294 e. The molecule has 1 amide bonds. The summed E-state index contributed by atoms with van der Waals surface area (Å²) in [5, 5.41) is 16.1. The number of rotatable bonds is 5. The summed E-state index contributed by atoms with van der Waals surface area (Å²) in [5.41, 5.74) is -0.0879. The molecular formula is C18H13ClN2O3S. The van der Waals surface area contributed by atoms with Crippen LogP contribution in [-0.4, -0.2) is 16.6 Å². The largest absolute Gasteiger partial charge is 0.320 e. The van der Waals surface area contributed by atoms with Crippen molar-refractivity contribution in [3.63, 3.8) is 0 Å². The van der Waals surface area contributed by atoms with Crippen molar-refractivity contribution in [2.75, 3.05) is 11.1 Å². The van der Waals surface area contributed by atoms with E-state index >= 15 is 0 Å². The van der Waals surface area contributed by atoms with Gasteiger partial charge in [0.05, 0.1) is 10.7 Å². The Morgan fingerprint density at radius 3 is 2.60 bits per heavy atom. The SMILES string of the molecule is O=C(CSc1ccc2ccccc2c1)Nc1ccc(Cl)cc1[N+](=O)[O-]. The number of carbonyl (C=O) groups excluding carboxylic acids is 1. The minimum absolute atomic E-state index is 0.138. The van der Waals surface area contributed by atoms with E-state index in [0.29, 0.717) is 0 Å². The van der Waals surface area contributed by atoms with Gasteiger partial charge in [-0.2, -0.15) is 0 Å². The molecule has 7 heteroatoms. The molecule has 0 aliphatic carbocycles. The van der Waals surface area contributed by atoms with Crippen molar-refractivity contribution >= 4 is 51.4 Å². The summed E-state index contributed by atoms with van der Waals surface area (Å²) >= 11 is 7.14. The number of benzene rings is 3. The Morgan fingerprint density at radius 1 is 1.08 bits per heavy atom. The van der Waals surface area contributed by atoms with Crippen LogP contribution in [0.15, 0.2) is 65.6 Å². The van der Waals surface area contributed by atoms with Crippen LogP contribution in [-0.2, 0) is 4.79 Å². The maximum atomic E-state index is 12.1. The number of nitro benzene ring substituents is 1. The van der Waals surface area contributed by atoms with Crippen LogP contribution in [0.25, 0.3) is 10.8 Å². The first-order valence-corrected chi connectivity index (χ1v) is 8.75. The highest BCUT2D eigenvalue weighted by Crippen LogP contribution is 2.28. The van der Waals surface area contributed by atoms with Gasteiger partial charge in [0.2, 0.25) is 5.91 Å². The molecule has 0 saturated heterocycles. The molecule has 0 aliphatic rings. The lowest BCUT2D eigenvalue weighted by atomic mass is 10.1. The van der Waals surface area contributed by atoms with Gasteiger partial charge in [-0.1, -0.05) is 41.9 Å². The second-order valence-electron chi connectivity index (χ2n) is 5.26. The van der Waals surface area contributed by atoms with Crippen molar-refractivity contribution in [1.82, 2.24) is 0 Å². The number of carbonyl (C=O) groups is 1. The molecule has 0 atom stereocenters. The number of nitrogens with one attached hydrogen (secondary N) is 1. The van der Waals surface area contributed by atoms with Crippen LogP contribution in [0, 0.1) is 10.1 Å². The van der Waals surface area contributed by atoms with Crippen molar-refractivity contribution in [2.45, 2.75) is 4.90 Å². The van der Waals surface area contributed by atoms with E-state index in [4.69, 9.17) is 11.6 Å². The average molecular weight is 373 g/mol. The first-order chi connectivity index (χ1) is 12.0. The standard InChI is InChI=1S/C18H13ClN2O3S/c19-14-6-8-16(17(10-14)21(23)24)20-18(22)11-25-15-7-5-12-3-1-2-4-13(12)9-15/h1-10H,11H2,(H,20,22). The lowest BCUT2D eigenvalue weighted by molar-refractivity contribution is -0.383. The van der Waals surface area contributed by atoms with Gasteiger partial charge >= 0.3 is 0 Å². The van der Waals surface area contributed by atoms with Gasteiger partial charge in [0.15, 0.2) is 0 Å². The molecule has 25 heavy (non-hydrogen) atoms. The fourth-order valence-corrected chi connectivity index (χ4v) is 3.26. The van der Waals surface area contributed by atoms with Crippen molar-refractivity contribution < 1.29 is 9.72 Å². The fraction of sp³-hybridized carbons (Fsp3) is 0.0556. The lowest BCUT2D eigenvalue weighted by Crippen LogP contribution is -2.15. The van der Waals surface area contributed by atoms with E-state index < -0.39 is 4.92 Å². The van der Waals surface area contributed by atoms with E-state index in [1.165, 1.54) is 30.0 Å². The normalized spacial score (nSPS) is 10.6. The Balaban J connectivity index is 1.67. The second kappa shape index (κ2) is 7.55. The van der Waals surface area contributed by atoms with Crippen molar-refractivity contribution in [2.24, 2.45) is 0 Å². The summed E-state index contributed by atoms with van der Waals surface area (Å²) in [6.45, 7) is 0. The monoisotopic (exact) mass is 372 g/mol. The Bertz CT molecular complexity index is 962. The van der Waals surface area contributed by atoms with Crippen LogP contribution in [0.4, 0.5) is 11.4 Å². The number of amides is 1. The molecule has 0 spiro atoms. The Hall–Kier alpha value is -2.57. The molecule has 5 nitrogen and oxygen atoms in total. The van der Waals surface area contributed by atoms with Crippen molar-refractivity contribution in [3.8, 4) is 0 Å². The molecule has 3 rings (SSSR count). The maximum absolute atomic E-state index is 12.1. The van der Waals surface area contributed by atoms with Crippen LogP contribution >= 0.6 is 23.4 Å². The molecular weight excluding hydrogens is 360 g/mol. The number of fused-ring (bicyclic) bond motifs is 1. The number of halogens is 1. The number of anilines is 1. The number of nitrogens with zero attached hydrogens (tertiary/aromatic N) is 1. The summed E-state index contributed by atoms with van der Waals surface area (Å²) in [4.78, 5) is 23.6. The number of nitro groups is 1. The zero-order valence-corrected chi connectivity index (χ0v) is 14.5. The minimum atomic E-state index is -0.571. The van der Waals surface area contributed by atoms with E-state index in [0.717, 1.165) is 15.7 Å². The number of thioether (sulfide) groups is 1. The van der Waals surface area contributed by atoms with Crippen LogP contribution in [0.5, 0.6) is 0 Å². The van der Waals surface area contributed by atoms with Crippen LogP contribution in [0.2, 0.25) is 5.02 Å². The van der Waals surface area contributed by atoms with E-state index in [2.05, 4.69) is 5.32 Å². The molecule has 0 aliphatic heterocycles. The highest BCUT2D eigenvalue weighted by molar-refractivity contribution is 8.00. The third-order valence-corrected chi connectivity index (χ3v) is 4.75. The van der Waals surface area contributed by atoms with Gasteiger partial charge in [0.1, 0.15) is 5.69 Å². The van der Waals surface area contributed by atoms with E-state index in [-0.39, 0.29) is 28.1 Å². The van der Waals surface area contributed by atoms with E-state index in [1.54, 1.807) is 0 Å². The topological polar surface area (TPSA) is 72.2 Å². The third-order valence-electron chi connectivity index (χ3n) is 3.52. The summed E-state index contributed by atoms with van der Waals surface area (Å²) < 4.78 is 0. The predicted octanol–water partition coefficient (Wildman–Crippen LogP) is 5.13. The molecule has 1 N–H and O–H groups in total. The zero-order valence-electron chi connectivity index (χ0n) is 12.9. The van der Waals surface area contributed by atoms with Crippen LogP contribution in [0.3, 0.4) is 0 Å². The third kappa shape index (κ3) is 4.29. The average Bonchev–Trinajstić information content (AvgIpc) is 2.61. The zero-order chi connectivity index (χ0) is 17.8. The van der Waals surface area contributed by atoms with Crippen LogP contribution in [0.1, 0.15) is 0 Å². The minimum Gasteiger partial charge on any atom is -0.320 e. The number of hydrogen-bond acceptors (Lipinski definition) is 4. The molecule has 0 radical (unpaired) electrons. The molecule has 0 fully saturated rings. The molecule has 0 heterocycles. The maximum Gasteiger partial charge on any atom is 0.294 e. The summed E-state index contributed by atoms with van der Waals surface area (Å²) in [6.07, 6.45) is 0. The first kappa shape index (κ1) is 17.3. The molecule has 0 unspecified atom stereocenters. The highest BCUT2D eigenvalue weighted by atomic mass is 35.5. The molecule has 0 aromatic heterocycles. The first-order valence-electron chi connectivity index (χ1n) is 7.38. The van der Waals surface area contributed by atoms with Gasteiger partial charge in [-0.3, -0.25) is 14.9 Å². The fourth-order valence-electron chi connectivity index (χ4n) is 2.35. The Labute approximate surface area is 153 Å². The second-order valence-corrected chi connectivity index (χ2v) is 6.75.